The zero-order valence-electron chi connectivity index (χ0n) is 21.8. The van der Waals surface area contributed by atoms with E-state index in [1.165, 1.54) is 81.7 Å². The van der Waals surface area contributed by atoms with Gasteiger partial charge in [-0.2, -0.15) is 0 Å². The highest BCUT2D eigenvalue weighted by atomic mass is 14.2. The molecule has 8 aromatic carbocycles. The monoisotopic (exact) mass is 494 g/mol. The van der Waals surface area contributed by atoms with E-state index < -0.39 is 0 Å². The third-order valence-corrected chi connectivity index (χ3v) is 8.33. The number of hydrogen-bond acceptors (Lipinski definition) is 0. The van der Waals surface area contributed by atoms with Crippen LogP contribution in [0.1, 0.15) is 5.56 Å². The van der Waals surface area contributed by atoms with Crippen molar-refractivity contribution >= 4 is 53.9 Å². The molecule has 0 amide bonds. The second-order valence-corrected chi connectivity index (χ2v) is 10.6. The minimum Gasteiger partial charge on any atom is -0.0616 e. The molecule has 0 N–H and O–H groups in total. The molecule has 0 atom stereocenters. The van der Waals surface area contributed by atoms with E-state index in [0.717, 1.165) is 0 Å². The van der Waals surface area contributed by atoms with Crippen molar-refractivity contribution in [1.29, 1.82) is 0 Å². The molecule has 0 saturated carbocycles. The second kappa shape index (κ2) is 8.55. The first-order chi connectivity index (χ1) is 19.3. The molecule has 0 bridgehead atoms. The molecule has 0 spiro atoms. The Labute approximate surface area is 227 Å². The first kappa shape index (κ1) is 22.1. The van der Waals surface area contributed by atoms with Crippen molar-refractivity contribution in [3.8, 4) is 22.3 Å². The van der Waals surface area contributed by atoms with E-state index in [0.29, 0.717) is 0 Å². The summed E-state index contributed by atoms with van der Waals surface area (Å²) in [6.45, 7) is 2.22. The molecule has 0 fully saturated rings. The molecule has 0 aliphatic heterocycles. The quantitative estimate of drug-likeness (QED) is 0.166. The summed E-state index contributed by atoms with van der Waals surface area (Å²) in [7, 11) is 0. The topological polar surface area (TPSA) is 0 Å². The molecule has 0 aromatic heterocycles. The summed E-state index contributed by atoms with van der Waals surface area (Å²) in [5, 5.41) is 12.9. The molecule has 182 valence electrons. The maximum atomic E-state index is 2.41. The van der Waals surface area contributed by atoms with Crippen molar-refractivity contribution in [3.05, 3.63) is 145 Å². The average molecular weight is 495 g/mol. The number of fused-ring (bicyclic) bond motifs is 6. The summed E-state index contributed by atoms with van der Waals surface area (Å²) in [4.78, 5) is 0. The summed E-state index contributed by atoms with van der Waals surface area (Å²) in [6, 6.07) is 51.4. The number of rotatable bonds is 2. The van der Waals surface area contributed by atoms with Gasteiger partial charge in [-0.15, -0.1) is 0 Å². The van der Waals surface area contributed by atoms with Crippen LogP contribution in [-0.2, 0) is 0 Å². The summed E-state index contributed by atoms with van der Waals surface area (Å²) in [5.74, 6) is 0. The van der Waals surface area contributed by atoms with Gasteiger partial charge in [-0.1, -0.05) is 127 Å². The van der Waals surface area contributed by atoms with Crippen molar-refractivity contribution in [3.63, 3.8) is 0 Å². The Morgan fingerprint density at radius 2 is 0.795 bits per heavy atom. The molecule has 0 heteroatoms. The summed E-state index contributed by atoms with van der Waals surface area (Å²) in [5.41, 5.74) is 6.44. The van der Waals surface area contributed by atoms with E-state index in [4.69, 9.17) is 0 Å². The van der Waals surface area contributed by atoms with Crippen molar-refractivity contribution < 1.29 is 0 Å². The van der Waals surface area contributed by atoms with Crippen molar-refractivity contribution in [2.24, 2.45) is 0 Å². The molecule has 8 aromatic rings. The number of benzene rings is 8. The summed E-state index contributed by atoms with van der Waals surface area (Å²) in [6.07, 6.45) is 0. The van der Waals surface area contributed by atoms with E-state index in [9.17, 15) is 0 Å². The highest BCUT2D eigenvalue weighted by molar-refractivity contribution is 6.22. The SMILES string of the molecule is Cc1cc2ccccc2c2cc(-c3c4ccccc4c(-c4ccc5ccccc5c4)c4ccccc34)ccc12. The predicted octanol–water partition coefficient (Wildman–Crippen LogP) is 11.1. The van der Waals surface area contributed by atoms with E-state index in [1.807, 2.05) is 0 Å². The Bertz CT molecular complexity index is 2180. The molecule has 0 radical (unpaired) electrons. The highest BCUT2D eigenvalue weighted by Crippen LogP contribution is 2.45. The molecule has 0 nitrogen and oxygen atoms in total. The van der Waals surface area contributed by atoms with Crippen molar-refractivity contribution in [1.82, 2.24) is 0 Å². The van der Waals surface area contributed by atoms with E-state index in [2.05, 4.69) is 146 Å². The van der Waals surface area contributed by atoms with Crippen LogP contribution in [-0.4, -0.2) is 0 Å². The number of aryl methyl sites for hydroxylation is 1. The molecule has 39 heavy (non-hydrogen) atoms. The van der Waals surface area contributed by atoms with Gasteiger partial charge in [-0.3, -0.25) is 0 Å². The molecular weight excluding hydrogens is 468 g/mol. The first-order valence-electron chi connectivity index (χ1n) is 13.6. The second-order valence-electron chi connectivity index (χ2n) is 10.6. The Kier molecular flexibility index (Phi) is 4.84. The molecule has 0 aliphatic carbocycles. The lowest BCUT2D eigenvalue weighted by Gasteiger charge is -2.18. The normalized spacial score (nSPS) is 11.7. The van der Waals surface area contributed by atoms with Gasteiger partial charge in [0.2, 0.25) is 0 Å². The Morgan fingerprint density at radius 3 is 1.44 bits per heavy atom. The van der Waals surface area contributed by atoms with Gasteiger partial charge in [0, 0.05) is 0 Å². The minimum atomic E-state index is 1.26. The lowest BCUT2D eigenvalue weighted by atomic mass is 9.85. The lowest BCUT2D eigenvalue weighted by molar-refractivity contribution is 1.55. The third kappa shape index (κ3) is 3.39. The summed E-state index contributed by atoms with van der Waals surface area (Å²) < 4.78 is 0. The van der Waals surface area contributed by atoms with Gasteiger partial charge in [0.1, 0.15) is 0 Å². The molecule has 0 aliphatic rings. The fraction of sp³-hybridized carbons (Fsp3) is 0.0256. The van der Waals surface area contributed by atoms with Crippen LogP contribution in [0.3, 0.4) is 0 Å². The van der Waals surface area contributed by atoms with Gasteiger partial charge in [-0.25, -0.2) is 0 Å². The van der Waals surface area contributed by atoms with Crippen LogP contribution in [0.5, 0.6) is 0 Å². The molecule has 8 rings (SSSR count). The van der Waals surface area contributed by atoms with Crippen molar-refractivity contribution in [2.45, 2.75) is 6.92 Å². The highest BCUT2D eigenvalue weighted by Gasteiger charge is 2.17. The van der Waals surface area contributed by atoms with Gasteiger partial charge < -0.3 is 0 Å². The minimum absolute atomic E-state index is 1.26. The van der Waals surface area contributed by atoms with Crippen LogP contribution in [0.25, 0.3) is 76.1 Å². The fourth-order valence-electron chi connectivity index (χ4n) is 6.54. The maximum Gasteiger partial charge on any atom is -0.00261 e. The zero-order valence-corrected chi connectivity index (χ0v) is 21.8. The van der Waals surface area contributed by atoms with Gasteiger partial charge >= 0.3 is 0 Å². The largest absolute Gasteiger partial charge is 0.0616 e. The van der Waals surface area contributed by atoms with Gasteiger partial charge in [0.15, 0.2) is 0 Å². The van der Waals surface area contributed by atoms with Gasteiger partial charge in [-0.05, 0) is 101 Å². The Hall–Kier alpha value is -4.94. The van der Waals surface area contributed by atoms with Crippen LogP contribution < -0.4 is 0 Å². The van der Waals surface area contributed by atoms with Crippen LogP contribution in [0.2, 0.25) is 0 Å². The predicted molar refractivity (Wildman–Crippen MR) is 170 cm³/mol. The fourth-order valence-corrected chi connectivity index (χ4v) is 6.54. The smallest absolute Gasteiger partial charge is 0.00261 e. The van der Waals surface area contributed by atoms with Gasteiger partial charge in [0.25, 0.3) is 0 Å². The van der Waals surface area contributed by atoms with Crippen LogP contribution >= 0.6 is 0 Å². The van der Waals surface area contributed by atoms with Crippen molar-refractivity contribution in [2.75, 3.05) is 0 Å². The zero-order chi connectivity index (χ0) is 25.9. The maximum absolute atomic E-state index is 2.41. The van der Waals surface area contributed by atoms with Crippen LogP contribution in [0, 0.1) is 6.92 Å². The number of hydrogen-bond donors (Lipinski definition) is 0. The van der Waals surface area contributed by atoms with E-state index in [-0.39, 0.29) is 0 Å². The Morgan fingerprint density at radius 1 is 0.308 bits per heavy atom. The standard InChI is InChI=1S/C39H26/c1-25-22-28-12-4-5-13-32(28)37-24-30(20-21-31(25)37)39-35-16-8-6-14-33(35)38(34-15-7-9-17-36(34)39)29-19-18-26-10-2-3-11-27(26)23-29/h2-24H,1H3. The van der Waals surface area contributed by atoms with Gasteiger partial charge in [0.05, 0.1) is 0 Å². The Balaban J connectivity index is 1.49. The van der Waals surface area contributed by atoms with E-state index in [1.54, 1.807) is 0 Å². The van der Waals surface area contributed by atoms with E-state index >= 15 is 0 Å². The van der Waals surface area contributed by atoms with Crippen LogP contribution in [0.15, 0.2) is 140 Å². The molecule has 0 unspecified atom stereocenters. The third-order valence-electron chi connectivity index (χ3n) is 8.33. The first-order valence-corrected chi connectivity index (χ1v) is 13.6. The lowest BCUT2D eigenvalue weighted by Crippen LogP contribution is -1.91. The van der Waals surface area contributed by atoms with Crippen LogP contribution in [0.4, 0.5) is 0 Å². The molecular formula is C39H26. The summed E-state index contributed by atoms with van der Waals surface area (Å²) >= 11 is 0. The molecule has 0 saturated heterocycles. The molecule has 0 heterocycles. The average Bonchev–Trinajstić information content (AvgIpc) is 2.99.